The van der Waals surface area contributed by atoms with Gasteiger partial charge in [-0.2, -0.15) is 5.10 Å². The number of rotatable bonds is 6. The third-order valence-electron chi connectivity index (χ3n) is 8.48. The predicted octanol–water partition coefficient (Wildman–Crippen LogP) is 3.47. The Balaban J connectivity index is 1.17. The highest BCUT2D eigenvalue weighted by molar-refractivity contribution is 6.02. The van der Waals surface area contributed by atoms with Gasteiger partial charge in [0.15, 0.2) is 11.3 Å². The smallest absolute Gasteiger partial charge is 0.281 e. The summed E-state index contributed by atoms with van der Waals surface area (Å²) in [5.74, 6) is 0.324. The fourth-order valence-electron chi connectivity index (χ4n) is 6.05. The van der Waals surface area contributed by atoms with E-state index in [4.69, 9.17) is 0 Å². The van der Waals surface area contributed by atoms with Gasteiger partial charge in [-0.3, -0.25) is 23.6 Å². The van der Waals surface area contributed by atoms with E-state index in [0.29, 0.717) is 50.0 Å². The summed E-state index contributed by atoms with van der Waals surface area (Å²) in [5, 5.41) is 15.8. The summed E-state index contributed by atoms with van der Waals surface area (Å²) in [6.45, 7) is 3.00. The van der Waals surface area contributed by atoms with Crippen LogP contribution in [-0.4, -0.2) is 59.7 Å². The molecule has 206 valence electrons. The summed E-state index contributed by atoms with van der Waals surface area (Å²) < 4.78 is 3.04. The van der Waals surface area contributed by atoms with Gasteiger partial charge in [-0.1, -0.05) is 49.4 Å². The second-order valence-electron chi connectivity index (χ2n) is 11.3. The van der Waals surface area contributed by atoms with Gasteiger partial charge in [-0.25, -0.2) is 4.98 Å². The van der Waals surface area contributed by atoms with E-state index in [1.54, 1.807) is 11.7 Å². The third-order valence-corrected chi connectivity index (χ3v) is 8.48. The van der Waals surface area contributed by atoms with E-state index in [-0.39, 0.29) is 35.2 Å². The molecule has 1 atom stereocenters. The topological polar surface area (TPSA) is 110 Å². The zero-order valence-electron chi connectivity index (χ0n) is 22.8. The Morgan fingerprint density at radius 3 is 2.55 bits per heavy atom. The van der Waals surface area contributed by atoms with Crippen molar-refractivity contribution in [3.63, 3.8) is 0 Å². The number of hydrogen-bond donors (Lipinski definition) is 1. The van der Waals surface area contributed by atoms with Crippen LogP contribution in [0.4, 0.5) is 0 Å². The number of amides is 1. The summed E-state index contributed by atoms with van der Waals surface area (Å²) in [7, 11) is 1.76. The lowest BCUT2D eigenvalue weighted by Crippen LogP contribution is -2.49. The number of hydrogen-bond acceptors (Lipinski definition) is 6. The lowest BCUT2D eigenvalue weighted by molar-refractivity contribution is -0.136. The van der Waals surface area contributed by atoms with Crippen LogP contribution in [0.2, 0.25) is 0 Å². The molecule has 4 aromatic rings. The summed E-state index contributed by atoms with van der Waals surface area (Å²) >= 11 is 0. The second kappa shape index (κ2) is 10.1. The maximum atomic E-state index is 13.4. The Morgan fingerprint density at radius 2 is 1.80 bits per heavy atom. The molecule has 0 bridgehead atoms. The molecule has 40 heavy (non-hydrogen) atoms. The monoisotopic (exact) mass is 539 g/mol. The first-order valence-electron chi connectivity index (χ1n) is 13.9. The Kier molecular flexibility index (Phi) is 6.62. The van der Waals surface area contributed by atoms with Crippen molar-refractivity contribution >= 4 is 22.7 Å². The summed E-state index contributed by atoms with van der Waals surface area (Å²) in [5.41, 5.74) is 3.61. The Labute approximate surface area is 232 Å². The maximum absolute atomic E-state index is 13.4. The van der Waals surface area contributed by atoms with E-state index < -0.39 is 5.60 Å². The number of ketones is 1. The van der Waals surface area contributed by atoms with Gasteiger partial charge in [0.1, 0.15) is 5.52 Å². The first-order valence-corrected chi connectivity index (χ1v) is 13.9. The molecule has 9 heteroatoms. The van der Waals surface area contributed by atoms with Gasteiger partial charge in [-0.05, 0) is 42.4 Å². The fourth-order valence-corrected chi connectivity index (χ4v) is 6.05. The zero-order chi connectivity index (χ0) is 28.0. The summed E-state index contributed by atoms with van der Waals surface area (Å²) in [6.07, 6.45) is 3.91. The number of Topliss-reactive ketones (excluding diaryl/α,β-unsaturated/α-hetero) is 1. The molecule has 1 fully saturated rings. The Hall–Kier alpha value is -4.11. The summed E-state index contributed by atoms with van der Waals surface area (Å²) in [6, 6.07) is 15.8. The molecule has 2 aromatic heterocycles. The zero-order valence-corrected chi connectivity index (χ0v) is 22.8. The molecule has 9 nitrogen and oxygen atoms in total. The van der Waals surface area contributed by atoms with Gasteiger partial charge in [-0.15, -0.1) is 0 Å². The van der Waals surface area contributed by atoms with Gasteiger partial charge in [0.2, 0.25) is 5.91 Å². The molecular weight excluding hydrogens is 506 g/mol. The molecule has 6 rings (SSSR count). The molecule has 2 aromatic carbocycles. The van der Waals surface area contributed by atoms with Crippen molar-refractivity contribution in [2.45, 2.75) is 57.1 Å². The van der Waals surface area contributed by atoms with Gasteiger partial charge in [0.05, 0.1) is 24.2 Å². The highest BCUT2D eigenvalue weighted by Crippen LogP contribution is 2.31. The Bertz CT molecular complexity index is 1660. The lowest BCUT2D eigenvalue weighted by Gasteiger charge is -2.38. The van der Waals surface area contributed by atoms with E-state index in [1.165, 1.54) is 10.9 Å². The first-order chi connectivity index (χ1) is 19.2. The lowest BCUT2D eigenvalue weighted by atomic mass is 9.90. The molecular formula is C31H33N5O4. The maximum Gasteiger partial charge on any atom is 0.281 e. The molecule has 1 saturated heterocycles. The van der Waals surface area contributed by atoms with Crippen LogP contribution in [0.25, 0.3) is 22.3 Å². The molecule has 1 aliphatic carbocycles. The number of benzene rings is 2. The van der Waals surface area contributed by atoms with Crippen LogP contribution >= 0.6 is 0 Å². The molecule has 1 aliphatic heterocycles. The minimum Gasteiger partial charge on any atom is -0.388 e. The van der Waals surface area contributed by atoms with Crippen LogP contribution in [0, 0.1) is 0 Å². The Morgan fingerprint density at radius 1 is 1.05 bits per heavy atom. The average Bonchev–Trinajstić information content (AvgIpc) is 3.50. The SMILES string of the molecule is CC(CC(=O)N1CCC(O)(Cn2cnc3c(-c4ccc5c(c4)C(=O)CC5)n(C)nc3c2=O)CC1)c1ccccc1. The van der Waals surface area contributed by atoms with Crippen LogP contribution in [0.15, 0.2) is 59.7 Å². The molecule has 2 aliphatic rings. The van der Waals surface area contributed by atoms with Crippen LogP contribution in [0.3, 0.4) is 0 Å². The standard InChI is InChI=1S/C31H33N5O4/c1-20(21-6-4-3-5-7-21)16-26(38)35-14-12-31(40,13-15-35)18-36-19-32-27-28(30(36)39)33-34(2)29(27)23-9-8-22-10-11-25(37)24(22)17-23/h3-9,17,19-20,40H,10-16,18H2,1-2H3. The van der Waals surface area contributed by atoms with Crippen molar-refractivity contribution in [3.05, 3.63) is 81.9 Å². The molecule has 3 heterocycles. The number of carbonyl (C=O) groups excluding carboxylic acids is 2. The van der Waals surface area contributed by atoms with Crippen molar-refractivity contribution in [1.29, 1.82) is 0 Å². The fraction of sp³-hybridized carbons (Fsp3) is 0.387. The van der Waals surface area contributed by atoms with Gasteiger partial charge in [0.25, 0.3) is 5.56 Å². The molecule has 0 spiro atoms. The number of aryl methyl sites for hydroxylation is 2. The van der Waals surface area contributed by atoms with Gasteiger partial charge in [0, 0.05) is 44.1 Å². The van der Waals surface area contributed by atoms with Gasteiger partial charge < -0.3 is 10.0 Å². The minimum atomic E-state index is -1.13. The summed E-state index contributed by atoms with van der Waals surface area (Å²) in [4.78, 5) is 45.0. The van der Waals surface area contributed by atoms with Gasteiger partial charge >= 0.3 is 0 Å². The number of likely N-dealkylation sites (tertiary alicyclic amines) is 1. The number of piperidine rings is 1. The van der Waals surface area contributed by atoms with E-state index in [1.807, 2.05) is 53.4 Å². The van der Waals surface area contributed by atoms with Crippen LogP contribution in [-0.2, 0) is 24.8 Å². The van der Waals surface area contributed by atoms with E-state index in [9.17, 15) is 19.5 Å². The van der Waals surface area contributed by atoms with Crippen LogP contribution < -0.4 is 5.56 Å². The van der Waals surface area contributed by atoms with Crippen molar-refractivity contribution in [1.82, 2.24) is 24.2 Å². The second-order valence-corrected chi connectivity index (χ2v) is 11.3. The highest BCUT2D eigenvalue weighted by atomic mass is 16.3. The van der Waals surface area contributed by atoms with E-state index in [0.717, 1.165) is 28.7 Å². The molecule has 1 N–H and O–H groups in total. The molecule has 0 saturated carbocycles. The van der Waals surface area contributed by atoms with E-state index >= 15 is 0 Å². The molecule has 0 radical (unpaired) electrons. The van der Waals surface area contributed by atoms with Crippen molar-refractivity contribution in [2.75, 3.05) is 13.1 Å². The largest absolute Gasteiger partial charge is 0.388 e. The number of aliphatic hydroxyl groups is 1. The average molecular weight is 540 g/mol. The quantitative estimate of drug-likeness (QED) is 0.402. The number of fused-ring (bicyclic) bond motifs is 2. The molecule has 1 unspecified atom stereocenters. The van der Waals surface area contributed by atoms with Crippen molar-refractivity contribution < 1.29 is 14.7 Å². The number of aromatic nitrogens is 4. The normalized spacial score (nSPS) is 17.3. The molecule has 1 amide bonds. The van der Waals surface area contributed by atoms with Crippen LogP contribution in [0.5, 0.6) is 0 Å². The third kappa shape index (κ3) is 4.75. The van der Waals surface area contributed by atoms with Crippen LogP contribution in [0.1, 0.15) is 60.0 Å². The highest BCUT2D eigenvalue weighted by Gasteiger charge is 2.35. The van der Waals surface area contributed by atoms with Crippen molar-refractivity contribution in [3.8, 4) is 11.3 Å². The number of carbonyl (C=O) groups is 2. The predicted molar refractivity (Wildman–Crippen MR) is 151 cm³/mol. The minimum absolute atomic E-state index is 0.0768. The van der Waals surface area contributed by atoms with E-state index in [2.05, 4.69) is 17.0 Å². The van der Waals surface area contributed by atoms with Crippen molar-refractivity contribution in [2.24, 2.45) is 7.05 Å². The first kappa shape index (κ1) is 26.1. The number of nitrogens with zero attached hydrogens (tertiary/aromatic N) is 5.